The first-order chi connectivity index (χ1) is 22.0. The minimum atomic E-state index is -0.434. The molecule has 0 saturated carbocycles. The predicted molar refractivity (Wildman–Crippen MR) is 174 cm³/mol. The third-order valence-electron chi connectivity index (χ3n) is 8.70. The summed E-state index contributed by atoms with van der Waals surface area (Å²) in [7, 11) is 3.23. The van der Waals surface area contributed by atoms with Crippen molar-refractivity contribution >= 4 is 17.5 Å². The Balaban J connectivity index is 0.978. The number of nitrogens with zero attached hydrogens (tertiary/aromatic N) is 2. The largest absolute Gasteiger partial charge is 0.494 e. The molecule has 2 aliphatic rings. The van der Waals surface area contributed by atoms with Crippen LogP contribution in [0.2, 0.25) is 0 Å². The molecule has 9 nitrogen and oxygen atoms in total. The zero-order valence-corrected chi connectivity index (χ0v) is 26.4. The normalized spacial score (nSPS) is 15.8. The molecule has 1 atom stereocenters. The van der Waals surface area contributed by atoms with E-state index in [1.807, 2.05) is 70.5 Å². The predicted octanol–water partition coefficient (Wildman–Crippen LogP) is 4.99. The van der Waals surface area contributed by atoms with Crippen LogP contribution >= 0.6 is 0 Å². The maximum atomic E-state index is 13.2. The summed E-state index contributed by atoms with van der Waals surface area (Å²) >= 11 is 0. The fourth-order valence-corrected chi connectivity index (χ4v) is 6.21. The molecule has 0 bridgehead atoms. The average molecular weight is 616 g/mol. The van der Waals surface area contributed by atoms with Gasteiger partial charge in [0.25, 0.3) is 5.91 Å². The fraction of sp³-hybridized carbons (Fsp3) is 0.444. The molecule has 2 N–H and O–H groups in total. The van der Waals surface area contributed by atoms with Crippen molar-refractivity contribution < 1.29 is 28.9 Å². The van der Waals surface area contributed by atoms with Crippen LogP contribution in [-0.4, -0.2) is 74.4 Å². The van der Waals surface area contributed by atoms with Gasteiger partial charge < -0.3 is 34.4 Å². The van der Waals surface area contributed by atoms with E-state index in [1.165, 1.54) is 5.56 Å². The molecule has 2 amide bonds. The van der Waals surface area contributed by atoms with E-state index in [0.717, 1.165) is 49.1 Å². The van der Waals surface area contributed by atoms with Crippen molar-refractivity contribution in [1.29, 1.82) is 0 Å². The van der Waals surface area contributed by atoms with Crippen molar-refractivity contribution in [3.05, 3.63) is 83.4 Å². The second-order valence-electron chi connectivity index (χ2n) is 11.8. The quantitative estimate of drug-likeness (QED) is 0.247. The van der Waals surface area contributed by atoms with Gasteiger partial charge >= 0.3 is 0 Å². The molecule has 2 aliphatic heterocycles. The molecular weight excluding hydrogens is 570 g/mol. The van der Waals surface area contributed by atoms with Crippen molar-refractivity contribution in [2.24, 2.45) is 0 Å². The Morgan fingerprint density at radius 3 is 2.47 bits per heavy atom. The van der Waals surface area contributed by atoms with Crippen molar-refractivity contribution in [3.8, 4) is 17.2 Å². The Morgan fingerprint density at radius 2 is 1.71 bits per heavy atom. The van der Waals surface area contributed by atoms with Gasteiger partial charge in [0.1, 0.15) is 5.75 Å². The standard InChI is InChI=1S/C36H45N3O6/c1-43-33-16-10-26(23-34(33)44-2)24-37-25-30(40)8-5-6-22-45-31-14-11-28(12-15-31)36(42)38-20-18-29(19-21-38)39-32-9-4-3-7-27(32)13-17-35(39)41/h3-4,7,9-12,14-16,23,29-30,37,40H,5-6,8,13,17-22,24-25H2,1-2H3. The van der Waals surface area contributed by atoms with Gasteiger partial charge in [0.15, 0.2) is 11.5 Å². The molecule has 0 aliphatic carbocycles. The van der Waals surface area contributed by atoms with Crippen LogP contribution in [0.15, 0.2) is 66.7 Å². The first-order valence-electron chi connectivity index (χ1n) is 16.0. The van der Waals surface area contributed by atoms with Crippen LogP contribution < -0.4 is 24.4 Å². The van der Waals surface area contributed by atoms with Crippen LogP contribution in [0.5, 0.6) is 17.2 Å². The molecule has 3 aromatic carbocycles. The topological polar surface area (TPSA) is 101 Å². The van der Waals surface area contributed by atoms with E-state index in [1.54, 1.807) is 14.2 Å². The summed E-state index contributed by atoms with van der Waals surface area (Å²) in [6.45, 7) is 2.94. The maximum absolute atomic E-state index is 13.2. The smallest absolute Gasteiger partial charge is 0.253 e. The molecule has 0 radical (unpaired) electrons. The highest BCUT2D eigenvalue weighted by Crippen LogP contribution is 2.33. The zero-order valence-electron chi connectivity index (χ0n) is 26.4. The molecule has 2 heterocycles. The second kappa shape index (κ2) is 15.8. The van der Waals surface area contributed by atoms with E-state index >= 15 is 0 Å². The van der Waals surface area contributed by atoms with E-state index in [2.05, 4.69) is 11.4 Å². The number of ether oxygens (including phenoxy) is 3. The number of nitrogens with one attached hydrogen (secondary N) is 1. The molecule has 0 aromatic heterocycles. The van der Waals surface area contributed by atoms with Gasteiger partial charge in [-0.3, -0.25) is 9.59 Å². The van der Waals surface area contributed by atoms with Gasteiger partial charge in [-0.2, -0.15) is 0 Å². The molecule has 5 rings (SSSR count). The summed E-state index contributed by atoms with van der Waals surface area (Å²) in [4.78, 5) is 29.9. The molecule has 45 heavy (non-hydrogen) atoms. The number of hydrogen-bond donors (Lipinski definition) is 2. The highest BCUT2D eigenvalue weighted by molar-refractivity contribution is 5.97. The number of carbonyl (C=O) groups excluding carboxylic acids is 2. The van der Waals surface area contributed by atoms with Gasteiger partial charge in [0.05, 0.1) is 26.9 Å². The highest BCUT2D eigenvalue weighted by Gasteiger charge is 2.33. The Morgan fingerprint density at radius 1 is 0.956 bits per heavy atom. The Hall–Kier alpha value is -4.08. The van der Waals surface area contributed by atoms with Crippen LogP contribution in [-0.2, 0) is 17.8 Å². The van der Waals surface area contributed by atoms with Gasteiger partial charge in [0.2, 0.25) is 5.91 Å². The lowest BCUT2D eigenvalue weighted by Gasteiger charge is -2.41. The Bertz CT molecular complexity index is 1420. The summed E-state index contributed by atoms with van der Waals surface area (Å²) in [5.74, 6) is 2.31. The number of anilines is 1. The number of unbranched alkanes of at least 4 members (excludes halogenated alkanes) is 1. The third-order valence-corrected chi connectivity index (χ3v) is 8.70. The Labute approximate surface area is 266 Å². The van der Waals surface area contributed by atoms with Gasteiger partial charge in [-0.25, -0.2) is 0 Å². The van der Waals surface area contributed by atoms with Crippen molar-refractivity contribution in [2.75, 3.05) is 45.4 Å². The number of piperidine rings is 1. The highest BCUT2D eigenvalue weighted by atomic mass is 16.5. The minimum absolute atomic E-state index is 0.0131. The number of fused-ring (bicyclic) bond motifs is 1. The number of aliphatic hydroxyl groups excluding tert-OH is 1. The fourth-order valence-electron chi connectivity index (χ4n) is 6.21. The summed E-state index contributed by atoms with van der Waals surface area (Å²) < 4.78 is 16.5. The maximum Gasteiger partial charge on any atom is 0.253 e. The third kappa shape index (κ3) is 8.35. The van der Waals surface area contributed by atoms with Crippen LogP contribution in [0.3, 0.4) is 0 Å². The molecule has 3 aromatic rings. The minimum Gasteiger partial charge on any atom is -0.494 e. The van der Waals surface area contributed by atoms with Gasteiger partial charge in [-0.1, -0.05) is 24.3 Å². The number of benzene rings is 3. The summed E-state index contributed by atoms with van der Waals surface area (Å²) in [5.41, 5.74) is 3.96. The number of aliphatic hydroxyl groups is 1. The lowest BCUT2D eigenvalue weighted by Crippen LogP contribution is -2.50. The summed E-state index contributed by atoms with van der Waals surface area (Å²) in [6, 6.07) is 21.4. The number of methoxy groups -OCH3 is 2. The molecule has 1 fully saturated rings. The number of likely N-dealkylation sites (tertiary alicyclic amines) is 1. The van der Waals surface area contributed by atoms with Gasteiger partial charge in [-0.05, 0) is 92.1 Å². The molecule has 0 spiro atoms. The molecular formula is C36H45N3O6. The lowest BCUT2D eigenvalue weighted by molar-refractivity contribution is -0.119. The van der Waals surface area contributed by atoms with E-state index < -0.39 is 6.10 Å². The average Bonchev–Trinajstić information content (AvgIpc) is 3.08. The lowest BCUT2D eigenvalue weighted by atomic mass is 9.95. The number of aryl methyl sites for hydroxylation is 1. The van der Waals surface area contributed by atoms with E-state index in [0.29, 0.717) is 62.7 Å². The number of hydrogen-bond acceptors (Lipinski definition) is 7. The van der Waals surface area contributed by atoms with Crippen molar-refractivity contribution in [1.82, 2.24) is 10.2 Å². The number of rotatable bonds is 14. The summed E-state index contributed by atoms with van der Waals surface area (Å²) in [5, 5.41) is 13.6. The van der Waals surface area contributed by atoms with Crippen LogP contribution in [0, 0.1) is 0 Å². The summed E-state index contributed by atoms with van der Waals surface area (Å²) in [6.07, 6.45) is 4.82. The van der Waals surface area contributed by atoms with Crippen LogP contribution in [0.4, 0.5) is 5.69 Å². The SMILES string of the molecule is COc1ccc(CNCC(O)CCCCOc2ccc(C(=O)N3CCC(N4C(=O)CCc5ccccc54)CC3)cc2)cc1OC. The molecule has 240 valence electrons. The van der Waals surface area contributed by atoms with Crippen LogP contribution in [0.25, 0.3) is 0 Å². The molecule has 1 unspecified atom stereocenters. The van der Waals surface area contributed by atoms with E-state index in [4.69, 9.17) is 14.2 Å². The number of carbonyl (C=O) groups is 2. The second-order valence-corrected chi connectivity index (χ2v) is 11.8. The molecule has 1 saturated heterocycles. The molecule has 9 heteroatoms. The van der Waals surface area contributed by atoms with E-state index in [9.17, 15) is 14.7 Å². The first-order valence-corrected chi connectivity index (χ1v) is 16.0. The van der Waals surface area contributed by atoms with E-state index in [-0.39, 0.29) is 17.9 Å². The van der Waals surface area contributed by atoms with Crippen LogP contribution in [0.1, 0.15) is 60.0 Å². The monoisotopic (exact) mass is 615 g/mol. The Kier molecular flexibility index (Phi) is 11.3. The zero-order chi connectivity index (χ0) is 31.6. The first kappa shape index (κ1) is 32.3. The van der Waals surface area contributed by atoms with Crippen molar-refractivity contribution in [3.63, 3.8) is 0 Å². The number of para-hydroxylation sites is 1. The van der Waals surface area contributed by atoms with Crippen molar-refractivity contribution in [2.45, 2.75) is 63.6 Å². The number of amides is 2. The van der Waals surface area contributed by atoms with Gasteiger partial charge in [0, 0.05) is 49.9 Å². The van der Waals surface area contributed by atoms with Gasteiger partial charge in [-0.15, -0.1) is 0 Å².